The van der Waals surface area contributed by atoms with Gasteiger partial charge >= 0.3 is 10.4 Å². The van der Waals surface area contributed by atoms with Gasteiger partial charge in [0.05, 0.1) is 13.2 Å². The monoisotopic (exact) mass is 353 g/mol. The molecule has 1 aromatic carbocycles. The van der Waals surface area contributed by atoms with Crippen LogP contribution >= 0.6 is 0 Å². The van der Waals surface area contributed by atoms with Crippen LogP contribution in [0.15, 0.2) is 24.3 Å². The predicted molar refractivity (Wildman–Crippen MR) is 81.8 cm³/mol. The molecule has 1 atom stereocenters. The molecule has 0 aliphatic heterocycles. The summed E-state index contributed by atoms with van der Waals surface area (Å²) in [7, 11) is -4.54. The molecular formula is C12H19NO7S2. The Morgan fingerprint density at radius 3 is 2.64 bits per heavy atom. The number of carbonyl (C=O) groups is 1. The van der Waals surface area contributed by atoms with Gasteiger partial charge in [-0.1, -0.05) is 25.1 Å². The largest absolute Gasteiger partial charge is 0.397 e. The maximum Gasteiger partial charge on any atom is 0.397 e. The van der Waals surface area contributed by atoms with Crippen LogP contribution < -0.4 is 5.32 Å². The molecule has 1 unspecified atom stereocenters. The Morgan fingerprint density at radius 1 is 1.36 bits per heavy atom. The summed E-state index contributed by atoms with van der Waals surface area (Å²) in [5.74, 6) is -0.650. The molecule has 10 heteroatoms. The first kappa shape index (κ1) is 20.7. The second-order valence-corrected chi connectivity index (χ2v) is 6.12. The summed E-state index contributed by atoms with van der Waals surface area (Å²) in [6, 6.07) is 6.86. The fourth-order valence-corrected chi connectivity index (χ4v) is 2.19. The molecule has 0 spiro atoms. The summed E-state index contributed by atoms with van der Waals surface area (Å²) in [5, 5.41) is 2.41. The minimum absolute atomic E-state index is 0. The van der Waals surface area contributed by atoms with Crippen molar-refractivity contribution in [3.05, 3.63) is 35.4 Å². The van der Waals surface area contributed by atoms with Crippen molar-refractivity contribution in [2.45, 2.75) is 14.4 Å². The van der Waals surface area contributed by atoms with Crippen molar-refractivity contribution in [2.24, 2.45) is 0 Å². The van der Waals surface area contributed by atoms with Crippen LogP contribution in [-0.4, -0.2) is 42.2 Å². The average Bonchev–Trinajstić information content (AvgIpc) is 2.40. The summed E-state index contributed by atoms with van der Waals surface area (Å²) < 4.78 is 48.8. The smallest absolute Gasteiger partial charge is 0.338 e. The minimum atomic E-state index is -4.54. The first-order valence-electron chi connectivity index (χ1n) is 5.76. The normalized spacial score (nSPS) is 12.3. The van der Waals surface area contributed by atoms with Crippen LogP contribution in [0.1, 0.15) is 23.3 Å². The van der Waals surface area contributed by atoms with E-state index in [1.165, 1.54) is 0 Å². The lowest BCUT2D eigenvalue weighted by Gasteiger charge is -2.06. The molecule has 0 saturated carbocycles. The number of hydrogen-bond donors (Lipinski definition) is 2. The van der Waals surface area contributed by atoms with Gasteiger partial charge in [-0.25, -0.2) is 8.39 Å². The van der Waals surface area contributed by atoms with E-state index in [9.17, 15) is 17.4 Å². The number of nitrogens with one attached hydrogen (secondary N) is 1. The Morgan fingerprint density at radius 2 is 2.05 bits per heavy atom. The number of benzene rings is 1. The lowest BCUT2D eigenvalue weighted by Crippen LogP contribution is -2.28. The molecule has 0 heterocycles. The molecule has 1 aromatic rings. The summed E-state index contributed by atoms with van der Waals surface area (Å²) in [4.78, 5) is 11.7. The molecule has 22 heavy (non-hydrogen) atoms. The van der Waals surface area contributed by atoms with E-state index < -0.39 is 34.0 Å². The highest BCUT2D eigenvalue weighted by Crippen LogP contribution is 2.03. The Labute approximate surface area is 132 Å². The van der Waals surface area contributed by atoms with E-state index in [1.807, 2.05) is 13.0 Å². The second kappa shape index (κ2) is 9.64. The van der Waals surface area contributed by atoms with Crippen molar-refractivity contribution in [1.29, 1.82) is 0 Å². The maximum atomic E-state index is 11.7. The third-order valence-corrected chi connectivity index (χ3v) is 3.44. The van der Waals surface area contributed by atoms with Gasteiger partial charge in [-0.3, -0.25) is 13.5 Å². The molecule has 2 N–H and O–H groups in total. The highest BCUT2D eigenvalue weighted by molar-refractivity contribution is 7.81. The van der Waals surface area contributed by atoms with Gasteiger partial charge in [0.2, 0.25) is 0 Å². The molecule has 1 rings (SSSR count). The van der Waals surface area contributed by atoms with Crippen LogP contribution in [0.3, 0.4) is 0 Å². The van der Waals surface area contributed by atoms with Crippen LogP contribution in [-0.2, 0) is 29.8 Å². The number of amides is 1. The molecule has 0 radical (unpaired) electrons. The number of aryl methyl sites for hydroxylation is 1. The summed E-state index contributed by atoms with van der Waals surface area (Å²) >= 11 is -1.84. The van der Waals surface area contributed by atoms with Crippen molar-refractivity contribution in [2.75, 3.05) is 19.1 Å². The standard InChI is InChI=1S/C11H15NO7S2.CH4/c1-9-3-2-4-10(7-9)11(13)12-8-20(14)18-5-6-19-21(15,16)17;/h2-4,7H,5-6,8H2,1H3,(H,12,13)(H,15,16,17);1H4. The van der Waals surface area contributed by atoms with Crippen LogP contribution in [0, 0.1) is 6.92 Å². The molecule has 0 aliphatic rings. The van der Waals surface area contributed by atoms with Crippen LogP contribution in [0.5, 0.6) is 0 Å². The lowest BCUT2D eigenvalue weighted by molar-refractivity contribution is 0.0959. The third-order valence-electron chi connectivity index (χ3n) is 2.16. The number of carbonyl (C=O) groups excluding carboxylic acids is 1. The quantitative estimate of drug-likeness (QED) is 0.524. The average molecular weight is 353 g/mol. The van der Waals surface area contributed by atoms with Gasteiger partial charge in [-0.15, -0.1) is 0 Å². The van der Waals surface area contributed by atoms with E-state index in [0.717, 1.165) is 5.56 Å². The molecule has 0 aliphatic carbocycles. The van der Waals surface area contributed by atoms with Gasteiger partial charge in [0.25, 0.3) is 5.91 Å². The van der Waals surface area contributed by atoms with E-state index in [2.05, 4.69) is 9.50 Å². The van der Waals surface area contributed by atoms with Crippen LogP contribution in [0.2, 0.25) is 0 Å². The summed E-state index contributed by atoms with van der Waals surface area (Å²) in [5.41, 5.74) is 1.35. The fraction of sp³-hybridized carbons (Fsp3) is 0.417. The van der Waals surface area contributed by atoms with Crippen LogP contribution in [0.25, 0.3) is 0 Å². The van der Waals surface area contributed by atoms with Gasteiger partial charge in [-0.2, -0.15) is 8.42 Å². The van der Waals surface area contributed by atoms with Gasteiger partial charge in [-0.05, 0) is 19.1 Å². The zero-order valence-corrected chi connectivity index (χ0v) is 12.8. The third kappa shape index (κ3) is 8.85. The molecule has 0 saturated heterocycles. The second-order valence-electron chi connectivity index (χ2n) is 3.90. The van der Waals surface area contributed by atoms with E-state index >= 15 is 0 Å². The van der Waals surface area contributed by atoms with Gasteiger partial charge in [0.1, 0.15) is 5.88 Å². The predicted octanol–water partition coefficient (Wildman–Crippen LogP) is 0.818. The van der Waals surface area contributed by atoms with E-state index in [1.54, 1.807) is 18.2 Å². The van der Waals surface area contributed by atoms with E-state index in [0.29, 0.717) is 5.56 Å². The number of hydrogen-bond acceptors (Lipinski definition) is 6. The molecule has 126 valence electrons. The molecule has 1 amide bonds. The highest BCUT2D eigenvalue weighted by atomic mass is 32.3. The van der Waals surface area contributed by atoms with Crippen molar-refractivity contribution in [3.8, 4) is 0 Å². The Hall–Kier alpha value is -1.33. The molecule has 0 aromatic heterocycles. The zero-order valence-electron chi connectivity index (χ0n) is 11.1. The summed E-state index contributed by atoms with van der Waals surface area (Å²) in [6.45, 7) is 1.05. The Balaban J connectivity index is 0.00000441. The topological polar surface area (TPSA) is 119 Å². The van der Waals surface area contributed by atoms with E-state index in [-0.39, 0.29) is 19.9 Å². The first-order valence-corrected chi connectivity index (χ1v) is 8.37. The van der Waals surface area contributed by atoms with Crippen molar-refractivity contribution >= 4 is 27.4 Å². The van der Waals surface area contributed by atoms with Gasteiger partial charge in [0, 0.05) is 5.56 Å². The first-order chi connectivity index (χ1) is 9.78. The van der Waals surface area contributed by atoms with E-state index in [4.69, 9.17) is 8.74 Å². The van der Waals surface area contributed by atoms with Gasteiger partial charge in [0.15, 0.2) is 11.1 Å². The SMILES string of the molecule is C.Cc1cccc(C(=O)NCS(=O)OCCOS(=O)(=O)O)c1. The van der Waals surface area contributed by atoms with Crippen LogP contribution in [0.4, 0.5) is 0 Å². The zero-order chi connectivity index (χ0) is 15.9. The Bertz CT molecular complexity index is 616. The number of rotatable bonds is 8. The molecular weight excluding hydrogens is 334 g/mol. The molecule has 0 bridgehead atoms. The summed E-state index contributed by atoms with van der Waals surface area (Å²) in [6.07, 6.45) is 0. The van der Waals surface area contributed by atoms with Gasteiger partial charge < -0.3 is 5.32 Å². The Kier molecular flexibility index (Phi) is 9.06. The minimum Gasteiger partial charge on any atom is -0.338 e. The molecule has 0 fully saturated rings. The highest BCUT2D eigenvalue weighted by Gasteiger charge is 2.09. The van der Waals surface area contributed by atoms with Crippen molar-refractivity contribution in [1.82, 2.24) is 5.32 Å². The van der Waals surface area contributed by atoms with Crippen molar-refractivity contribution in [3.63, 3.8) is 0 Å². The lowest BCUT2D eigenvalue weighted by atomic mass is 10.1. The van der Waals surface area contributed by atoms with Crippen molar-refractivity contribution < 1.29 is 30.3 Å². The maximum absolute atomic E-state index is 11.7. The fourth-order valence-electron chi connectivity index (χ4n) is 1.32. The molecule has 8 nitrogen and oxygen atoms in total.